The van der Waals surface area contributed by atoms with E-state index >= 15 is 0 Å². The molecule has 0 atom stereocenters. The van der Waals surface area contributed by atoms with Gasteiger partial charge < -0.3 is 25.2 Å². The van der Waals surface area contributed by atoms with Gasteiger partial charge in [0.1, 0.15) is 0 Å². The second-order valence-electron chi connectivity index (χ2n) is 8.06. The number of aliphatic hydroxyl groups is 4. The predicted octanol–water partition coefficient (Wildman–Crippen LogP) is 5.41. The van der Waals surface area contributed by atoms with Crippen LogP contribution in [0.3, 0.4) is 0 Å². The van der Waals surface area contributed by atoms with Gasteiger partial charge in [0.05, 0.1) is 60.9 Å². The Morgan fingerprint density at radius 1 is 0.372 bits per heavy atom. The fourth-order valence-corrected chi connectivity index (χ4v) is 3.30. The summed E-state index contributed by atoms with van der Waals surface area (Å²) in [7, 11) is 1.13. The zero-order valence-corrected chi connectivity index (χ0v) is 22.0. The molecule has 240 valence electrons. The van der Waals surface area contributed by atoms with Crippen molar-refractivity contribution in [3.63, 3.8) is 0 Å². The summed E-state index contributed by atoms with van der Waals surface area (Å²) in [6.45, 7) is -3.71. The summed E-state index contributed by atoms with van der Waals surface area (Å²) in [5.74, 6) is -18.9. The number of ether oxygens (including phenoxy) is 1. The van der Waals surface area contributed by atoms with Crippen LogP contribution in [0.1, 0.15) is 40.3 Å². The van der Waals surface area contributed by atoms with Gasteiger partial charge in [0.25, 0.3) is 0 Å². The van der Waals surface area contributed by atoms with Crippen LogP contribution >= 0.6 is 0 Å². The van der Waals surface area contributed by atoms with Crippen molar-refractivity contribution in [2.75, 3.05) is 7.11 Å². The molecule has 0 fully saturated rings. The van der Waals surface area contributed by atoms with Crippen LogP contribution in [0.5, 0.6) is 0 Å². The first-order valence-electron chi connectivity index (χ1n) is 11.6. The predicted molar refractivity (Wildman–Crippen MR) is 123 cm³/mol. The minimum Gasteiger partial charge on any atom is -0.391 e. The monoisotopic (exact) mass is 642 g/mol. The van der Waals surface area contributed by atoms with Gasteiger partial charge >= 0.3 is 0 Å². The smallest absolute Gasteiger partial charge is 0.167 e. The van der Waals surface area contributed by atoms with Gasteiger partial charge in [-0.15, -0.1) is 0 Å². The van der Waals surface area contributed by atoms with Crippen molar-refractivity contribution in [3.05, 3.63) is 103 Å². The van der Waals surface area contributed by atoms with Crippen LogP contribution in [-0.4, -0.2) is 27.5 Å². The van der Waals surface area contributed by atoms with Crippen LogP contribution in [0.2, 0.25) is 0 Å². The summed E-state index contributed by atoms with van der Waals surface area (Å²) in [5, 5.41) is 33.9. The second-order valence-corrected chi connectivity index (χ2v) is 8.06. The topological polar surface area (TPSA) is 90.2 Å². The Hall–Kier alpha value is -3.38. The molecule has 0 unspecified atom stereocenters. The van der Waals surface area contributed by atoms with E-state index in [1.54, 1.807) is 0 Å². The summed E-state index contributed by atoms with van der Waals surface area (Å²) in [5.41, 5.74) is -5.64. The fraction of sp³-hybridized carbons (Fsp3) is 0.308. The second kappa shape index (κ2) is 16.5. The van der Waals surface area contributed by atoms with Gasteiger partial charge in [-0.3, -0.25) is 0 Å². The number of halogens is 12. The highest BCUT2D eigenvalue weighted by molar-refractivity contribution is 5.31. The van der Waals surface area contributed by atoms with Crippen LogP contribution in [0.25, 0.3) is 0 Å². The van der Waals surface area contributed by atoms with E-state index in [4.69, 9.17) is 20.4 Å². The molecular formula is C26H22F12O5. The van der Waals surface area contributed by atoms with Gasteiger partial charge in [0.2, 0.25) is 0 Å². The molecule has 0 saturated heterocycles. The van der Waals surface area contributed by atoms with E-state index in [1.807, 2.05) is 0 Å². The van der Waals surface area contributed by atoms with Crippen molar-refractivity contribution in [1.82, 2.24) is 0 Å². The number of hydrogen-bond donors (Lipinski definition) is 4. The Morgan fingerprint density at radius 2 is 0.558 bits per heavy atom. The van der Waals surface area contributed by atoms with Crippen molar-refractivity contribution >= 4 is 0 Å². The molecule has 0 aliphatic rings. The van der Waals surface area contributed by atoms with Gasteiger partial charge in [-0.25, -0.2) is 52.7 Å². The van der Waals surface area contributed by atoms with Gasteiger partial charge in [-0.2, -0.15) is 0 Å². The minimum absolute atomic E-state index is 0.156. The van der Waals surface area contributed by atoms with E-state index in [2.05, 4.69) is 4.74 Å². The maximum atomic E-state index is 13.1. The molecule has 0 heterocycles. The maximum Gasteiger partial charge on any atom is 0.167 e. The van der Waals surface area contributed by atoms with Crippen molar-refractivity contribution in [2.24, 2.45) is 0 Å². The van der Waals surface area contributed by atoms with Crippen LogP contribution in [0, 0.1) is 69.8 Å². The summed E-state index contributed by atoms with van der Waals surface area (Å²) in [4.78, 5) is 0. The normalized spacial score (nSPS) is 10.7. The Labute approximate surface area is 235 Å². The zero-order chi connectivity index (χ0) is 33.3. The van der Waals surface area contributed by atoms with Crippen LogP contribution in [0.15, 0.2) is 0 Å². The van der Waals surface area contributed by atoms with E-state index in [1.165, 1.54) is 6.92 Å². The molecule has 0 amide bonds. The molecular weight excluding hydrogens is 620 g/mol. The standard InChI is InChI=1S/C9H8F4O2.C9H8F4O.C8H6F4O2/c1-15-3-5-8(12)6(10)4(2-14)7(11)9(5)13;1-2-4-6(10)8(12)5(3-14)9(13)7(4)11;9-5-3(1-13)6(10)8(12)4(2-14)7(5)11/h14H,2-3H2,1H3;14H,2-3H2,1H3;13-14H,1-2H2. The quantitative estimate of drug-likeness (QED) is 0.205. The van der Waals surface area contributed by atoms with Gasteiger partial charge in [0, 0.05) is 12.7 Å². The highest BCUT2D eigenvalue weighted by atomic mass is 19.2. The minimum atomic E-state index is -1.68. The molecule has 0 aliphatic heterocycles. The number of aliphatic hydroxyl groups excluding tert-OH is 4. The molecule has 0 spiro atoms. The molecule has 3 rings (SSSR count). The summed E-state index contributed by atoms with van der Waals surface area (Å²) in [6, 6.07) is 0. The average molecular weight is 642 g/mol. The van der Waals surface area contributed by atoms with Crippen LogP contribution in [0.4, 0.5) is 52.7 Å². The molecule has 17 heteroatoms. The lowest BCUT2D eigenvalue weighted by molar-refractivity contribution is 0.174. The average Bonchev–Trinajstić information content (AvgIpc) is 2.98. The Morgan fingerprint density at radius 3 is 0.721 bits per heavy atom. The highest BCUT2D eigenvalue weighted by Crippen LogP contribution is 2.26. The number of methoxy groups -OCH3 is 1. The molecule has 0 radical (unpaired) electrons. The van der Waals surface area contributed by atoms with E-state index in [0.717, 1.165) is 7.11 Å². The maximum absolute atomic E-state index is 13.1. The lowest BCUT2D eigenvalue weighted by Crippen LogP contribution is -2.09. The molecule has 3 aromatic carbocycles. The Balaban J connectivity index is 0.000000323. The first-order valence-corrected chi connectivity index (χ1v) is 11.6. The summed E-state index contributed by atoms with van der Waals surface area (Å²) >= 11 is 0. The molecule has 43 heavy (non-hydrogen) atoms. The third kappa shape index (κ3) is 7.77. The molecule has 4 N–H and O–H groups in total. The van der Waals surface area contributed by atoms with E-state index in [-0.39, 0.29) is 6.42 Å². The fourth-order valence-electron chi connectivity index (χ4n) is 3.30. The Bertz CT molecular complexity index is 1220. The number of benzene rings is 3. The lowest BCUT2D eigenvalue weighted by atomic mass is 10.1. The van der Waals surface area contributed by atoms with E-state index < -0.39 is 136 Å². The van der Waals surface area contributed by atoms with Gasteiger partial charge in [-0.1, -0.05) is 6.92 Å². The molecule has 0 bridgehead atoms. The molecule has 0 aromatic heterocycles. The van der Waals surface area contributed by atoms with Crippen molar-refractivity contribution < 1.29 is 77.8 Å². The third-order valence-corrected chi connectivity index (χ3v) is 5.61. The Kier molecular flexibility index (Phi) is 14.4. The van der Waals surface area contributed by atoms with Crippen molar-refractivity contribution in [3.8, 4) is 0 Å². The molecule has 0 saturated carbocycles. The molecule has 0 aliphatic carbocycles. The van der Waals surface area contributed by atoms with E-state index in [0.29, 0.717) is 0 Å². The lowest BCUT2D eigenvalue weighted by Gasteiger charge is -2.09. The van der Waals surface area contributed by atoms with Gasteiger partial charge in [-0.05, 0) is 6.42 Å². The first kappa shape index (κ1) is 37.6. The third-order valence-electron chi connectivity index (χ3n) is 5.61. The summed E-state index contributed by atoms with van der Waals surface area (Å²) < 4.78 is 160. The van der Waals surface area contributed by atoms with Gasteiger partial charge in [0.15, 0.2) is 69.8 Å². The number of rotatable bonds is 7. The largest absolute Gasteiger partial charge is 0.391 e. The highest BCUT2D eigenvalue weighted by Gasteiger charge is 2.26. The van der Waals surface area contributed by atoms with Crippen LogP contribution < -0.4 is 0 Å². The zero-order valence-electron chi connectivity index (χ0n) is 22.0. The first-order chi connectivity index (χ1) is 20.1. The van der Waals surface area contributed by atoms with Crippen molar-refractivity contribution in [2.45, 2.75) is 46.4 Å². The molecule has 3 aromatic rings. The number of hydrogen-bond acceptors (Lipinski definition) is 5. The van der Waals surface area contributed by atoms with E-state index in [9.17, 15) is 52.7 Å². The molecule has 5 nitrogen and oxygen atoms in total. The SMILES string of the molecule is CCc1c(F)c(F)c(CO)c(F)c1F.COCc1c(F)c(F)c(CO)c(F)c1F.OCc1c(F)c(F)c(CO)c(F)c1F. The van der Waals surface area contributed by atoms with Crippen molar-refractivity contribution in [1.29, 1.82) is 0 Å². The van der Waals surface area contributed by atoms with Crippen LogP contribution in [-0.2, 0) is 44.2 Å². The summed E-state index contributed by atoms with van der Waals surface area (Å²) in [6.07, 6.45) is -0.156.